The first kappa shape index (κ1) is 9.58. The van der Waals surface area contributed by atoms with Crippen LogP contribution in [0.4, 0.5) is 4.39 Å². The molecule has 0 radical (unpaired) electrons. The molecule has 0 N–H and O–H groups in total. The van der Waals surface area contributed by atoms with Crippen molar-refractivity contribution in [2.75, 3.05) is 0 Å². The van der Waals surface area contributed by atoms with E-state index in [1.165, 1.54) is 13.0 Å². The average molecular weight is 180 g/mol. The van der Waals surface area contributed by atoms with Crippen LogP contribution in [0, 0.1) is 12.7 Å². The van der Waals surface area contributed by atoms with Gasteiger partial charge in [-0.25, -0.2) is 4.39 Å². The molecule has 0 heterocycles. The lowest BCUT2D eigenvalue weighted by Crippen LogP contribution is -2.02. The van der Waals surface area contributed by atoms with Gasteiger partial charge in [-0.2, -0.15) is 0 Å². The summed E-state index contributed by atoms with van der Waals surface area (Å²) < 4.78 is 13.0. The molecule has 0 bridgehead atoms. The Kier molecular flexibility index (Phi) is 2.56. The van der Waals surface area contributed by atoms with Crippen LogP contribution < -0.4 is 0 Å². The van der Waals surface area contributed by atoms with E-state index >= 15 is 0 Å². The summed E-state index contributed by atoms with van der Waals surface area (Å²) in [6.07, 6.45) is 0.428. The first-order valence-electron chi connectivity index (χ1n) is 3.83. The molecule has 1 aromatic rings. The van der Waals surface area contributed by atoms with Gasteiger partial charge in [-0.1, -0.05) is 0 Å². The van der Waals surface area contributed by atoms with Crippen LogP contribution in [-0.4, -0.2) is 12.1 Å². The maximum absolute atomic E-state index is 13.0. The van der Waals surface area contributed by atoms with Gasteiger partial charge in [-0.3, -0.25) is 9.59 Å². The first-order valence-corrected chi connectivity index (χ1v) is 3.83. The molecule has 0 fully saturated rings. The summed E-state index contributed by atoms with van der Waals surface area (Å²) in [6.45, 7) is 2.94. The molecule has 0 aliphatic carbocycles. The molecule has 68 valence electrons. The highest BCUT2D eigenvalue weighted by atomic mass is 19.1. The number of carbonyl (C=O) groups is 2. The summed E-state index contributed by atoms with van der Waals surface area (Å²) in [5.41, 5.74) is 0.763. The fourth-order valence-electron chi connectivity index (χ4n) is 1.22. The van der Waals surface area contributed by atoms with Crippen LogP contribution >= 0.6 is 0 Å². The van der Waals surface area contributed by atoms with Crippen molar-refractivity contribution < 1.29 is 14.0 Å². The number of aldehydes is 1. The Bertz CT molecular complexity index is 369. The number of benzene rings is 1. The third-order valence-corrected chi connectivity index (χ3v) is 1.96. The van der Waals surface area contributed by atoms with Crippen molar-refractivity contribution in [3.05, 3.63) is 34.6 Å². The van der Waals surface area contributed by atoms with E-state index < -0.39 is 5.82 Å². The molecule has 0 aliphatic heterocycles. The Morgan fingerprint density at radius 3 is 2.54 bits per heavy atom. The number of ketones is 1. The Labute approximate surface area is 75.4 Å². The zero-order valence-electron chi connectivity index (χ0n) is 7.43. The van der Waals surface area contributed by atoms with Crippen LogP contribution in [0.2, 0.25) is 0 Å². The highest BCUT2D eigenvalue weighted by molar-refractivity contribution is 5.97. The number of halogens is 1. The van der Waals surface area contributed by atoms with E-state index in [9.17, 15) is 14.0 Å². The van der Waals surface area contributed by atoms with E-state index in [-0.39, 0.29) is 11.3 Å². The number of rotatable bonds is 2. The number of hydrogen-bond donors (Lipinski definition) is 0. The van der Waals surface area contributed by atoms with Gasteiger partial charge in [-0.05, 0) is 31.5 Å². The van der Waals surface area contributed by atoms with Gasteiger partial charge in [0.05, 0.1) is 5.56 Å². The first-order chi connectivity index (χ1) is 6.07. The molecule has 0 atom stereocenters. The van der Waals surface area contributed by atoms with Crippen molar-refractivity contribution in [3.63, 3.8) is 0 Å². The largest absolute Gasteiger partial charge is 0.298 e. The van der Waals surface area contributed by atoms with Gasteiger partial charge in [0.2, 0.25) is 0 Å². The van der Waals surface area contributed by atoms with E-state index in [1.807, 2.05) is 0 Å². The maximum Gasteiger partial charge on any atom is 0.160 e. The highest BCUT2D eigenvalue weighted by Crippen LogP contribution is 2.16. The summed E-state index contributed by atoms with van der Waals surface area (Å²) in [6, 6.07) is 2.52. The molecule has 3 heteroatoms. The van der Waals surface area contributed by atoms with Crippen LogP contribution in [0.3, 0.4) is 0 Å². The molecule has 0 aliphatic rings. The second kappa shape index (κ2) is 3.47. The van der Waals surface area contributed by atoms with E-state index in [0.29, 0.717) is 17.4 Å². The molecule has 13 heavy (non-hydrogen) atoms. The van der Waals surface area contributed by atoms with E-state index in [0.717, 1.165) is 6.07 Å². The quantitative estimate of drug-likeness (QED) is 0.516. The topological polar surface area (TPSA) is 34.1 Å². The minimum absolute atomic E-state index is 0.0345. The average Bonchev–Trinajstić information content (AvgIpc) is 2.04. The molecular weight excluding hydrogens is 171 g/mol. The SMILES string of the molecule is CC(=O)c1ccc(F)c(C=O)c1C. The summed E-state index contributed by atoms with van der Waals surface area (Å²) in [5.74, 6) is -0.752. The van der Waals surface area contributed by atoms with Gasteiger partial charge < -0.3 is 0 Å². The highest BCUT2D eigenvalue weighted by Gasteiger charge is 2.11. The maximum atomic E-state index is 13.0. The predicted molar refractivity (Wildman–Crippen MR) is 46.5 cm³/mol. The molecule has 2 nitrogen and oxygen atoms in total. The molecule has 0 unspecified atom stereocenters. The van der Waals surface area contributed by atoms with Crippen molar-refractivity contribution in [1.29, 1.82) is 0 Å². The second-order valence-corrected chi connectivity index (χ2v) is 2.81. The molecule has 0 spiro atoms. The normalized spacial score (nSPS) is 9.77. The van der Waals surface area contributed by atoms with Gasteiger partial charge >= 0.3 is 0 Å². The van der Waals surface area contributed by atoms with Gasteiger partial charge in [0.1, 0.15) is 5.82 Å². The molecule has 0 saturated carbocycles. The third-order valence-electron chi connectivity index (χ3n) is 1.96. The molecular formula is C10H9FO2. The number of carbonyl (C=O) groups excluding carboxylic acids is 2. The zero-order chi connectivity index (χ0) is 10.0. The van der Waals surface area contributed by atoms with Crippen molar-refractivity contribution in [2.24, 2.45) is 0 Å². The van der Waals surface area contributed by atoms with Crippen molar-refractivity contribution >= 4 is 12.1 Å². The van der Waals surface area contributed by atoms with Crippen LogP contribution in [0.15, 0.2) is 12.1 Å². The Hall–Kier alpha value is -1.51. The Morgan fingerprint density at radius 2 is 2.08 bits per heavy atom. The molecule has 0 amide bonds. The van der Waals surface area contributed by atoms with Crippen molar-refractivity contribution in [2.45, 2.75) is 13.8 Å². The van der Waals surface area contributed by atoms with Gasteiger partial charge in [0.15, 0.2) is 12.1 Å². The van der Waals surface area contributed by atoms with Gasteiger partial charge in [0, 0.05) is 5.56 Å². The Morgan fingerprint density at radius 1 is 1.46 bits per heavy atom. The summed E-state index contributed by atoms with van der Waals surface area (Å²) in [4.78, 5) is 21.5. The van der Waals surface area contributed by atoms with E-state index in [2.05, 4.69) is 0 Å². The van der Waals surface area contributed by atoms with Crippen molar-refractivity contribution in [3.8, 4) is 0 Å². The lowest BCUT2D eigenvalue weighted by Gasteiger charge is -2.04. The fraction of sp³-hybridized carbons (Fsp3) is 0.200. The number of Topliss-reactive ketones (excluding diaryl/α,β-unsaturated/α-hetero) is 1. The molecule has 0 saturated heterocycles. The molecule has 0 aromatic heterocycles. The minimum Gasteiger partial charge on any atom is -0.298 e. The summed E-state index contributed by atoms with van der Waals surface area (Å²) in [7, 11) is 0. The van der Waals surface area contributed by atoms with Gasteiger partial charge in [0.25, 0.3) is 0 Å². The fourth-order valence-corrected chi connectivity index (χ4v) is 1.22. The molecule has 1 aromatic carbocycles. The van der Waals surface area contributed by atoms with E-state index in [1.54, 1.807) is 6.92 Å². The van der Waals surface area contributed by atoms with Crippen LogP contribution in [-0.2, 0) is 0 Å². The summed E-state index contributed by atoms with van der Waals surface area (Å²) >= 11 is 0. The van der Waals surface area contributed by atoms with Gasteiger partial charge in [-0.15, -0.1) is 0 Å². The monoisotopic (exact) mass is 180 g/mol. The smallest absolute Gasteiger partial charge is 0.160 e. The van der Waals surface area contributed by atoms with Crippen LogP contribution in [0.25, 0.3) is 0 Å². The summed E-state index contributed by atoms with van der Waals surface area (Å²) in [5, 5.41) is 0. The predicted octanol–water partition coefficient (Wildman–Crippen LogP) is 2.15. The van der Waals surface area contributed by atoms with Crippen LogP contribution in [0.1, 0.15) is 33.2 Å². The second-order valence-electron chi connectivity index (χ2n) is 2.81. The Balaban J connectivity index is 3.44. The zero-order valence-corrected chi connectivity index (χ0v) is 7.43. The van der Waals surface area contributed by atoms with Crippen molar-refractivity contribution in [1.82, 2.24) is 0 Å². The lowest BCUT2D eigenvalue weighted by atomic mass is 10.0. The van der Waals surface area contributed by atoms with Crippen LogP contribution in [0.5, 0.6) is 0 Å². The lowest BCUT2D eigenvalue weighted by molar-refractivity contribution is 0.101. The standard InChI is InChI=1S/C10H9FO2/c1-6-8(7(2)13)3-4-10(11)9(6)5-12/h3-5H,1-2H3. The van der Waals surface area contributed by atoms with E-state index in [4.69, 9.17) is 0 Å². The third kappa shape index (κ3) is 1.64. The number of hydrogen-bond acceptors (Lipinski definition) is 2. The molecule has 1 rings (SSSR count). The minimum atomic E-state index is -0.586.